The fourth-order valence-electron chi connectivity index (χ4n) is 1.93. The van der Waals surface area contributed by atoms with Crippen molar-refractivity contribution in [2.24, 2.45) is 0 Å². The molecule has 0 aliphatic heterocycles. The monoisotopic (exact) mass is 297 g/mol. The van der Waals surface area contributed by atoms with Crippen LogP contribution in [0, 0.1) is 0 Å². The molecule has 1 aromatic rings. The van der Waals surface area contributed by atoms with Crippen LogP contribution in [0.2, 0.25) is 5.02 Å². The van der Waals surface area contributed by atoms with Gasteiger partial charge >= 0.3 is 0 Å². The smallest absolute Gasteiger partial charge is 0.255 e. The standard InChI is InChI=1S/C15H24ClN3O/c1-5-7-17-14-13(16)9-12(10-18-14)15(20)19(8-6-2)11(3)4/h9-11H,5-8H2,1-4H3,(H,17,18). The Balaban J connectivity index is 2.90. The van der Waals surface area contributed by atoms with Crippen LogP contribution < -0.4 is 5.32 Å². The van der Waals surface area contributed by atoms with Crippen LogP contribution >= 0.6 is 11.6 Å². The van der Waals surface area contributed by atoms with Crippen molar-refractivity contribution in [3.05, 3.63) is 22.8 Å². The molecule has 1 heterocycles. The largest absolute Gasteiger partial charge is 0.369 e. The lowest BCUT2D eigenvalue weighted by atomic mass is 10.2. The second kappa shape index (κ2) is 8.10. The van der Waals surface area contributed by atoms with Crippen molar-refractivity contribution in [1.82, 2.24) is 9.88 Å². The van der Waals surface area contributed by atoms with Gasteiger partial charge in [0.05, 0.1) is 10.6 Å². The van der Waals surface area contributed by atoms with Gasteiger partial charge in [-0.1, -0.05) is 25.4 Å². The van der Waals surface area contributed by atoms with Gasteiger partial charge in [0.1, 0.15) is 5.82 Å². The van der Waals surface area contributed by atoms with Gasteiger partial charge in [-0.15, -0.1) is 0 Å². The average molecular weight is 298 g/mol. The molecule has 4 nitrogen and oxygen atoms in total. The van der Waals surface area contributed by atoms with Crippen LogP contribution in [0.5, 0.6) is 0 Å². The van der Waals surface area contributed by atoms with E-state index in [1.54, 1.807) is 12.3 Å². The Labute approximate surface area is 126 Å². The van der Waals surface area contributed by atoms with Gasteiger partial charge in [0.25, 0.3) is 5.91 Å². The molecule has 112 valence electrons. The first kappa shape index (κ1) is 16.8. The summed E-state index contributed by atoms with van der Waals surface area (Å²) in [6.07, 6.45) is 3.52. The third-order valence-electron chi connectivity index (χ3n) is 2.98. The number of rotatable bonds is 7. The van der Waals surface area contributed by atoms with E-state index < -0.39 is 0 Å². The minimum absolute atomic E-state index is 0.0155. The molecule has 0 saturated carbocycles. The predicted octanol–water partition coefficient (Wildman–Crippen LogP) is 3.82. The van der Waals surface area contributed by atoms with E-state index in [1.165, 1.54) is 0 Å². The highest BCUT2D eigenvalue weighted by molar-refractivity contribution is 6.33. The minimum atomic E-state index is -0.0155. The molecule has 1 rings (SSSR count). The van der Waals surface area contributed by atoms with E-state index in [1.807, 2.05) is 18.7 Å². The van der Waals surface area contributed by atoms with Crippen LogP contribution in [0.15, 0.2) is 12.3 Å². The van der Waals surface area contributed by atoms with Gasteiger partial charge in [-0.2, -0.15) is 0 Å². The van der Waals surface area contributed by atoms with E-state index in [0.717, 1.165) is 25.9 Å². The lowest BCUT2D eigenvalue weighted by Crippen LogP contribution is -2.37. The van der Waals surface area contributed by atoms with Gasteiger partial charge in [0, 0.05) is 25.3 Å². The summed E-state index contributed by atoms with van der Waals surface area (Å²) >= 11 is 6.17. The molecule has 0 aliphatic rings. The van der Waals surface area contributed by atoms with Crippen molar-refractivity contribution < 1.29 is 4.79 Å². The van der Waals surface area contributed by atoms with Crippen LogP contribution in [-0.2, 0) is 0 Å². The van der Waals surface area contributed by atoms with E-state index >= 15 is 0 Å². The highest BCUT2D eigenvalue weighted by atomic mass is 35.5. The quantitative estimate of drug-likeness (QED) is 0.832. The molecule has 1 amide bonds. The maximum Gasteiger partial charge on any atom is 0.255 e. The summed E-state index contributed by atoms with van der Waals surface area (Å²) < 4.78 is 0. The Morgan fingerprint density at radius 1 is 1.40 bits per heavy atom. The number of pyridine rings is 1. The Hall–Kier alpha value is -1.29. The molecule has 0 atom stereocenters. The Morgan fingerprint density at radius 2 is 2.10 bits per heavy atom. The number of carbonyl (C=O) groups is 1. The number of halogens is 1. The Morgan fingerprint density at radius 3 is 2.60 bits per heavy atom. The van der Waals surface area contributed by atoms with Gasteiger partial charge in [-0.25, -0.2) is 4.98 Å². The summed E-state index contributed by atoms with van der Waals surface area (Å²) in [5.41, 5.74) is 0.541. The fraction of sp³-hybridized carbons (Fsp3) is 0.600. The molecule has 20 heavy (non-hydrogen) atoms. The third kappa shape index (κ3) is 4.37. The SMILES string of the molecule is CCCNc1ncc(C(=O)N(CCC)C(C)C)cc1Cl. The van der Waals surface area contributed by atoms with Crippen molar-refractivity contribution in [3.63, 3.8) is 0 Å². The van der Waals surface area contributed by atoms with E-state index in [-0.39, 0.29) is 11.9 Å². The zero-order valence-corrected chi connectivity index (χ0v) is 13.5. The molecule has 5 heteroatoms. The summed E-state index contributed by atoms with van der Waals surface area (Å²) in [5, 5.41) is 3.63. The second-order valence-corrected chi connectivity index (χ2v) is 5.48. The second-order valence-electron chi connectivity index (χ2n) is 5.07. The van der Waals surface area contributed by atoms with Gasteiger partial charge in [0.2, 0.25) is 0 Å². The number of amides is 1. The number of hydrogen-bond acceptors (Lipinski definition) is 3. The first-order chi connectivity index (χ1) is 9.51. The van der Waals surface area contributed by atoms with Crippen LogP contribution in [0.3, 0.4) is 0 Å². The fourth-order valence-corrected chi connectivity index (χ4v) is 2.16. The molecule has 0 saturated heterocycles. The number of nitrogens with zero attached hydrogens (tertiary/aromatic N) is 2. The summed E-state index contributed by atoms with van der Waals surface area (Å²) in [6, 6.07) is 1.86. The van der Waals surface area contributed by atoms with Crippen molar-refractivity contribution in [2.45, 2.75) is 46.6 Å². The van der Waals surface area contributed by atoms with E-state index in [9.17, 15) is 4.79 Å². The predicted molar refractivity (Wildman–Crippen MR) is 84.5 cm³/mol. The molecule has 0 aromatic carbocycles. The maximum absolute atomic E-state index is 12.5. The number of anilines is 1. The highest BCUT2D eigenvalue weighted by Crippen LogP contribution is 2.21. The number of aromatic nitrogens is 1. The van der Waals surface area contributed by atoms with Crippen molar-refractivity contribution in [3.8, 4) is 0 Å². The first-order valence-corrected chi connectivity index (χ1v) is 7.59. The normalized spacial score (nSPS) is 10.7. The zero-order valence-electron chi connectivity index (χ0n) is 12.7. The van der Waals surface area contributed by atoms with Gasteiger partial charge < -0.3 is 10.2 Å². The average Bonchev–Trinajstić information content (AvgIpc) is 2.42. The number of carbonyl (C=O) groups excluding carboxylic acids is 1. The van der Waals surface area contributed by atoms with Crippen molar-refractivity contribution >= 4 is 23.3 Å². The lowest BCUT2D eigenvalue weighted by Gasteiger charge is -2.26. The molecule has 1 N–H and O–H groups in total. The van der Waals surface area contributed by atoms with Crippen molar-refractivity contribution in [2.75, 3.05) is 18.4 Å². The molecule has 0 radical (unpaired) electrons. The van der Waals surface area contributed by atoms with Crippen LogP contribution in [0.1, 0.15) is 50.9 Å². The summed E-state index contributed by atoms with van der Waals surface area (Å²) in [7, 11) is 0. The zero-order chi connectivity index (χ0) is 15.1. The van der Waals surface area contributed by atoms with Crippen LogP contribution in [0.25, 0.3) is 0 Å². The van der Waals surface area contributed by atoms with Gasteiger partial charge in [-0.05, 0) is 32.8 Å². The molecular formula is C15H24ClN3O. The lowest BCUT2D eigenvalue weighted by molar-refractivity contribution is 0.0705. The van der Waals surface area contributed by atoms with Gasteiger partial charge in [0.15, 0.2) is 0 Å². The van der Waals surface area contributed by atoms with E-state index in [0.29, 0.717) is 16.4 Å². The Bertz CT molecular complexity index is 449. The summed E-state index contributed by atoms with van der Waals surface area (Å²) in [5.74, 6) is 0.620. The van der Waals surface area contributed by atoms with E-state index in [4.69, 9.17) is 11.6 Å². The molecule has 0 aliphatic carbocycles. The molecule has 0 bridgehead atoms. The molecule has 1 aromatic heterocycles. The molecule has 0 unspecified atom stereocenters. The van der Waals surface area contributed by atoms with E-state index in [2.05, 4.69) is 24.1 Å². The van der Waals surface area contributed by atoms with Crippen LogP contribution in [0.4, 0.5) is 5.82 Å². The molecule has 0 fully saturated rings. The third-order valence-corrected chi connectivity index (χ3v) is 3.27. The maximum atomic E-state index is 12.5. The topological polar surface area (TPSA) is 45.2 Å². The summed E-state index contributed by atoms with van der Waals surface area (Å²) in [4.78, 5) is 18.5. The Kier molecular flexibility index (Phi) is 6.79. The minimum Gasteiger partial charge on any atom is -0.369 e. The molecule has 0 spiro atoms. The van der Waals surface area contributed by atoms with Gasteiger partial charge in [-0.3, -0.25) is 4.79 Å². The summed E-state index contributed by atoms with van der Waals surface area (Å²) in [6.45, 7) is 9.72. The van der Waals surface area contributed by atoms with Crippen molar-refractivity contribution in [1.29, 1.82) is 0 Å². The first-order valence-electron chi connectivity index (χ1n) is 7.21. The number of nitrogens with one attached hydrogen (secondary N) is 1. The highest BCUT2D eigenvalue weighted by Gasteiger charge is 2.19. The van der Waals surface area contributed by atoms with Crippen LogP contribution in [-0.4, -0.2) is 34.9 Å². The molecular weight excluding hydrogens is 274 g/mol. The number of hydrogen-bond donors (Lipinski definition) is 1.